The number of rotatable bonds is 7. The third-order valence-electron chi connectivity index (χ3n) is 6.19. The van der Waals surface area contributed by atoms with Crippen molar-refractivity contribution >= 4 is 28.0 Å². The molecule has 0 aliphatic carbocycles. The molecule has 38 heavy (non-hydrogen) atoms. The first kappa shape index (κ1) is 23.4. The van der Waals surface area contributed by atoms with Crippen LogP contribution in [0.3, 0.4) is 0 Å². The molecule has 1 aliphatic rings. The van der Waals surface area contributed by atoms with E-state index in [4.69, 9.17) is 4.74 Å². The Morgan fingerprint density at radius 3 is 2.66 bits per heavy atom. The van der Waals surface area contributed by atoms with Crippen LogP contribution in [0.4, 0.5) is 20.2 Å². The number of nitrogens with zero attached hydrogens (tertiary/aromatic N) is 4. The normalized spacial score (nSPS) is 13.4. The van der Waals surface area contributed by atoms with Crippen LogP contribution in [0, 0.1) is 11.6 Å². The fourth-order valence-electron chi connectivity index (χ4n) is 4.36. The van der Waals surface area contributed by atoms with E-state index in [1.807, 2.05) is 30.1 Å². The Morgan fingerprint density at radius 2 is 1.87 bits per heavy atom. The minimum absolute atomic E-state index is 0.102. The SMILES string of the molecule is CC1=NN(c2ccc(F)cc2)CC(CNc2ccc(Oc3cc4cn[nH]c4cc3-c3cn[nH]c3)c(F)c2)=C1. The third-order valence-corrected chi connectivity index (χ3v) is 6.19. The molecule has 3 aromatic carbocycles. The maximum Gasteiger partial charge on any atom is 0.167 e. The molecule has 3 heterocycles. The molecular formula is C28H23F2N7O. The lowest BCUT2D eigenvalue weighted by molar-refractivity contribution is 0.444. The highest BCUT2D eigenvalue weighted by Crippen LogP contribution is 2.37. The predicted molar refractivity (Wildman–Crippen MR) is 144 cm³/mol. The average molecular weight is 512 g/mol. The standard InChI is InChI=1S/C28H23F2N7O/c1-17-8-18(16-37(36-17)23-5-2-21(29)3-6-23)12-31-22-4-7-27(25(30)10-22)38-28-9-19-13-34-35-26(19)11-24(28)20-14-32-33-15-20/h2-11,13-15,31H,12,16H2,1H3,(H,32,33)(H,34,35). The van der Waals surface area contributed by atoms with Crippen molar-refractivity contribution in [3.8, 4) is 22.6 Å². The van der Waals surface area contributed by atoms with Crippen molar-refractivity contribution in [3.63, 3.8) is 0 Å². The zero-order valence-corrected chi connectivity index (χ0v) is 20.4. The molecule has 0 spiro atoms. The molecule has 0 amide bonds. The second-order valence-electron chi connectivity index (χ2n) is 8.97. The summed E-state index contributed by atoms with van der Waals surface area (Å²) in [6.07, 6.45) is 7.10. The molecule has 0 atom stereocenters. The van der Waals surface area contributed by atoms with Crippen molar-refractivity contribution in [2.75, 3.05) is 23.4 Å². The van der Waals surface area contributed by atoms with Crippen molar-refractivity contribution in [2.24, 2.45) is 5.10 Å². The van der Waals surface area contributed by atoms with Crippen LogP contribution in [0.2, 0.25) is 0 Å². The lowest BCUT2D eigenvalue weighted by Gasteiger charge is -2.25. The van der Waals surface area contributed by atoms with Gasteiger partial charge in [0.2, 0.25) is 0 Å². The Hall–Kier alpha value is -4.99. The zero-order chi connectivity index (χ0) is 26.1. The molecule has 0 fully saturated rings. The summed E-state index contributed by atoms with van der Waals surface area (Å²) in [7, 11) is 0. The van der Waals surface area contributed by atoms with E-state index in [1.54, 1.807) is 42.9 Å². The Labute approximate surface area is 216 Å². The van der Waals surface area contributed by atoms with Crippen LogP contribution in [0.1, 0.15) is 6.92 Å². The molecule has 2 aromatic heterocycles. The highest BCUT2D eigenvalue weighted by atomic mass is 19.1. The van der Waals surface area contributed by atoms with E-state index in [0.717, 1.165) is 39.0 Å². The van der Waals surface area contributed by atoms with Crippen molar-refractivity contribution in [1.82, 2.24) is 20.4 Å². The van der Waals surface area contributed by atoms with Gasteiger partial charge in [-0.05, 0) is 67.1 Å². The first-order valence-electron chi connectivity index (χ1n) is 12.0. The van der Waals surface area contributed by atoms with E-state index in [1.165, 1.54) is 18.2 Å². The Kier molecular flexibility index (Phi) is 6.04. The highest BCUT2D eigenvalue weighted by Gasteiger charge is 2.16. The van der Waals surface area contributed by atoms with Crippen LogP contribution in [0.5, 0.6) is 11.5 Å². The molecule has 0 saturated heterocycles. The lowest BCUT2D eigenvalue weighted by atomic mass is 10.1. The number of ether oxygens (including phenoxy) is 1. The monoisotopic (exact) mass is 511 g/mol. The second-order valence-corrected chi connectivity index (χ2v) is 8.97. The first-order chi connectivity index (χ1) is 18.5. The number of hydrogen-bond donors (Lipinski definition) is 3. The van der Waals surface area contributed by atoms with Crippen LogP contribution in [0.15, 0.2) is 89.9 Å². The van der Waals surface area contributed by atoms with E-state index in [9.17, 15) is 4.39 Å². The summed E-state index contributed by atoms with van der Waals surface area (Å²) < 4.78 is 34.5. The van der Waals surface area contributed by atoms with Gasteiger partial charge in [0.25, 0.3) is 0 Å². The van der Waals surface area contributed by atoms with Gasteiger partial charge in [-0.25, -0.2) is 8.78 Å². The molecule has 6 rings (SSSR count). The molecular weight excluding hydrogens is 488 g/mol. The minimum Gasteiger partial charge on any atom is -0.454 e. The summed E-state index contributed by atoms with van der Waals surface area (Å²) >= 11 is 0. The number of hydrazone groups is 1. The number of anilines is 2. The molecule has 5 aromatic rings. The van der Waals surface area contributed by atoms with Crippen LogP contribution in [-0.4, -0.2) is 39.2 Å². The number of nitrogens with one attached hydrogen (secondary N) is 3. The average Bonchev–Trinajstić information content (AvgIpc) is 3.61. The van der Waals surface area contributed by atoms with Crippen LogP contribution < -0.4 is 15.1 Å². The van der Waals surface area contributed by atoms with Gasteiger partial charge >= 0.3 is 0 Å². The van der Waals surface area contributed by atoms with Gasteiger partial charge in [-0.2, -0.15) is 15.3 Å². The van der Waals surface area contributed by atoms with Crippen LogP contribution in [-0.2, 0) is 0 Å². The zero-order valence-electron chi connectivity index (χ0n) is 20.4. The van der Waals surface area contributed by atoms with E-state index in [-0.39, 0.29) is 11.6 Å². The fourth-order valence-corrected chi connectivity index (χ4v) is 4.36. The van der Waals surface area contributed by atoms with E-state index >= 15 is 4.39 Å². The maximum atomic E-state index is 15.1. The number of aromatic nitrogens is 4. The summed E-state index contributed by atoms with van der Waals surface area (Å²) in [5, 5.41) is 24.3. The van der Waals surface area contributed by atoms with Crippen LogP contribution >= 0.6 is 0 Å². The summed E-state index contributed by atoms with van der Waals surface area (Å²) in [6.45, 7) is 2.93. The van der Waals surface area contributed by atoms with Gasteiger partial charge in [0.1, 0.15) is 11.6 Å². The summed E-state index contributed by atoms with van der Waals surface area (Å²) in [4.78, 5) is 0. The van der Waals surface area contributed by atoms with Gasteiger partial charge in [-0.1, -0.05) is 0 Å². The van der Waals surface area contributed by atoms with Gasteiger partial charge in [0, 0.05) is 41.0 Å². The molecule has 0 saturated carbocycles. The van der Waals surface area contributed by atoms with Crippen molar-refractivity contribution in [2.45, 2.75) is 6.92 Å². The number of fused-ring (bicyclic) bond motifs is 1. The second kappa shape index (κ2) is 9.81. The minimum atomic E-state index is -0.497. The first-order valence-corrected chi connectivity index (χ1v) is 12.0. The number of aromatic amines is 2. The largest absolute Gasteiger partial charge is 0.454 e. The van der Waals surface area contributed by atoms with Gasteiger partial charge in [0.15, 0.2) is 11.6 Å². The lowest BCUT2D eigenvalue weighted by Crippen LogP contribution is -2.27. The number of allylic oxidation sites excluding steroid dienone is 1. The fraction of sp³-hybridized carbons (Fsp3) is 0.107. The Balaban J connectivity index is 1.17. The van der Waals surface area contributed by atoms with Crippen molar-refractivity contribution in [1.29, 1.82) is 0 Å². The Morgan fingerprint density at radius 1 is 1.00 bits per heavy atom. The van der Waals surface area contributed by atoms with Crippen LogP contribution in [0.25, 0.3) is 22.0 Å². The summed E-state index contributed by atoms with van der Waals surface area (Å²) in [5.41, 5.74) is 5.70. The molecule has 3 N–H and O–H groups in total. The van der Waals surface area contributed by atoms with Crippen molar-refractivity contribution < 1.29 is 13.5 Å². The van der Waals surface area contributed by atoms with E-state index in [0.29, 0.717) is 24.5 Å². The predicted octanol–water partition coefficient (Wildman–Crippen LogP) is 6.26. The molecule has 190 valence electrons. The number of hydrogen-bond acceptors (Lipinski definition) is 6. The van der Waals surface area contributed by atoms with E-state index in [2.05, 4.69) is 30.8 Å². The van der Waals surface area contributed by atoms with E-state index < -0.39 is 5.82 Å². The number of benzene rings is 3. The summed E-state index contributed by atoms with van der Waals surface area (Å²) in [6, 6.07) is 14.7. The van der Waals surface area contributed by atoms with Crippen molar-refractivity contribution in [3.05, 3.63) is 96.5 Å². The molecule has 0 bridgehead atoms. The molecule has 8 nitrogen and oxygen atoms in total. The molecule has 0 unspecified atom stereocenters. The smallest absolute Gasteiger partial charge is 0.167 e. The topological polar surface area (TPSA) is 94.2 Å². The summed E-state index contributed by atoms with van der Waals surface area (Å²) in [5.74, 6) is -0.199. The third kappa shape index (κ3) is 4.83. The maximum absolute atomic E-state index is 15.1. The molecule has 0 radical (unpaired) electrons. The van der Waals surface area contributed by atoms with Gasteiger partial charge in [-0.15, -0.1) is 0 Å². The highest BCUT2D eigenvalue weighted by molar-refractivity contribution is 5.95. The number of halogens is 2. The van der Waals surface area contributed by atoms with Gasteiger partial charge in [0.05, 0.1) is 35.9 Å². The molecule has 1 aliphatic heterocycles. The van der Waals surface area contributed by atoms with Gasteiger partial charge in [-0.3, -0.25) is 15.2 Å². The van der Waals surface area contributed by atoms with Gasteiger partial charge < -0.3 is 10.1 Å². The molecule has 10 heteroatoms. The number of H-pyrrole nitrogens is 2. The Bertz CT molecular complexity index is 1660. The quantitative estimate of drug-likeness (QED) is 0.240.